The molecule has 0 bridgehead atoms. The highest BCUT2D eigenvalue weighted by atomic mass is 35.5. The van der Waals surface area contributed by atoms with Gasteiger partial charge in [-0.3, -0.25) is 4.79 Å². The number of nitroso groups, excluding NO2 is 1. The number of nitrogens with zero attached hydrogens (tertiary/aromatic N) is 1. The van der Waals surface area contributed by atoms with Crippen LogP contribution >= 0.6 is 11.6 Å². The molecule has 0 atom stereocenters. The topological polar surface area (TPSA) is 46.5 Å². The van der Waals surface area contributed by atoms with Gasteiger partial charge < -0.3 is 0 Å². The first-order valence-electron chi connectivity index (χ1n) is 2.86. The molecule has 0 fully saturated rings. The highest BCUT2D eigenvalue weighted by Gasteiger charge is 2.09. The van der Waals surface area contributed by atoms with E-state index in [1.165, 1.54) is 0 Å². The second-order valence-electron chi connectivity index (χ2n) is 1.76. The van der Waals surface area contributed by atoms with Crippen LogP contribution in [0.4, 0.5) is 0 Å². The minimum absolute atomic E-state index is 0.289. The largest absolute Gasteiger partial charge is 0.313 e. The van der Waals surface area contributed by atoms with Crippen LogP contribution in [0.25, 0.3) is 0 Å². The lowest BCUT2D eigenvalue weighted by molar-refractivity contribution is -0.114. The third kappa shape index (κ3) is 2.27. The summed E-state index contributed by atoms with van der Waals surface area (Å²) in [5.41, 5.74) is 0.289. The molecule has 0 aromatic rings. The van der Waals surface area contributed by atoms with Crippen molar-refractivity contribution in [3.63, 3.8) is 0 Å². The van der Waals surface area contributed by atoms with Crippen LogP contribution in [0, 0.1) is 4.91 Å². The second kappa shape index (κ2) is 4.17. The van der Waals surface area contributed by atoms with Gasteiger partial charge >= 0.3 is 5.91 Å². The molecule has 0 saturated heterocycles. The zero-order valence-corrected chi connectivity index (χ0v) is 6.60. The maximum absolute atomic E-state index is 10.6. The van der Waals surface area contributed by atoms with Gasteiger partial charge in [0.25, 0.3) is 0 Å². The molecule has 0 aliphatic heterocycles. The van der Waals surface area contributed by atoms with E-state index in [2.05, 4.69) is 5.18 Å². The van der Waals surface area contributed by atoms with E-state index in [0.717, 1.165) is 0 Å². The molecular weight excluding hydrogens is 154 g/mol. The van der Waals surface area contributed by atoms with Gasteiger partial charge in [0, 0.05) is 15.8 Å². The molecule has 0 radical (unpaired) electrons. The maximum atomic E-state index is 10.6. The Balaban J connectivity index is 4.53. The Morgan fingerprint density at radius 2 is 2.10 bits per heavy atom. The van der Waals surface area contributed by atoms with Crippen LogP contribution in [0.15, 0.2) is 15.8 Å². The molecule has 3 nitrogen and oxygen atoms in total. The van der Waals surface area contributed by atoms with Crippen molar-refractivity contribution in [1.29, 1.82) is 0 Å². The summed E-state index contributed by atoms with van der Waals surface area (Å²) >= 11 is 5.48. The quantitative estimate of drug-likeness (QED) is 0.461. The van der Waals surface area contributed by atoms with Gasteiger partial charge in [0.2, 0.25) is 0 Å². The highest BCUT2D eigenvalue weighted by molar-refractivity contribution is 6.31. The first-order valence-corrected chi connectivity index (χ1v) is 3.24. The summed E-state index contributed by atoms with van der Waals surface area (Å²) in [5.74, 6) is -0.769. The van der Waals surface area contributed by atoms with E-state index in [0.29, 0.717) is 11.5 Å². The fraction of sp³-hybridized carbons (Fsp3) is 0.500. The van der Waals surface area contributed by atoms with Crippen molar-refractivity contribution < 1.29 is 4.79 Å². The zero-order chi connectivity index (χ0) is 8.15. The third-order valence-electron chi connectivity index (χ3n) is 1.11. The lowest BCUT2D eigenvalue weighted by atomic mass is 10.2. The molecule has 0 heterocycles. The summed E-state index contributed by atoms with van der Waals surface area (Å²) in [4.78, 5) is 20.3. The third-order valence-corrected chi connectivity index (χ3v) is 1.34. The predicted molar refractivity (Wildman–Crippen MR) is 39.6 cm³/mol. The average Bonchev–Trinajstić information content (AvgIpc) is 1.88. The Hall–Kier alpha value is -0.700. The molecular formula is C6H8ClNO2. The van der Waals surface area contributed by atoms with Gasteiger partial charge in [0.05, 0.1) is 0 Å². The number of rotatable bonds is 2. The normalized spacial score (nSPS) is 12.3. The first kappa shape index (κ1) is 9.30. The molecule has 0 saturated carbocycles. The van der Waals surface area contributed by atoms with E-state index < -0.39 is 5.91 Å². The molecule has 56 valence electrons. The molecule has 0 aliphatic rings. The van der Waals surface area contributed by atoms with E-state index in [9.17, 15) is 9.70 Å². The van der Waals surface area contributed by atoms with E-state index in [1.54, 1.807) is 13.8 Å². The van der Waals surface area contributed by atoms with Crippen molar-refractivity contribution in [2.45, 2.75) is 20.3 Å². The van der Waals surface area contributed by atoms with Crippen LogP contribution < -0.4 is 0 Å². The summed E-state index contributed by atoms with van der Waals surface area (Å²) < 4.78 is 0. The number of halogens is 1. The Morgan fingerprint density at radius 1 is 1.60 bits per heavy atom. The molecule has 0 aromatic carbocycles. The van der Waals surface area contributed by atoms with E-state index in [-0.39, 0.29) is 5.57 Å². The number of allylic oxidation sites excluding steroid dienone is 1. The van der Waals surface area contributed by atoms with Crippen LogP contribution in [-0.4, -0.2) is 5.91 Å². The summed E-state index contributed by atoms with van der Waals surface area (Å²) in [6.07, 6.45) is 0.444. The number of hydrogen-bond donors (Lipinski definition) is 0. The number of amides is 1. The van der Waals surface area contributed by atoms with Gasteiger partial charge in [0.1, 0.15) is 0 Å². The van der Waals surface area contributed by atoms with Gasteiger partial charge in [-0.15, -0.1) is 4.91 Å². The van der Waals surface area contributed by atoms with E-state index in [4.69, 9.17) is 11.6 Å². The second-order valence-corrected chi connectivity index (χ2v) is 2.33. The van der Waals surface area contributed by atoms with Crippen molar-refractivity contribution in [3.8, 4) is 0 Å². The Labute approximate surface area is 64.0 Å². The fourth-order valence-corrected chi connectivity index (χ4v) is 0.812. The van der Waals surface area contributed by atoms with Gasteiger partial charge in [-0.25, -0.2) is 0 Å². The van der Waals surface area contributed by atoms with Crippen LogP contribution in [0.5, 0.6) is 0 Å². The van der Waals surface area contributed by atoms with Crippen LogP contribution in [-0.2, 0) is 4.79 Å². The van der Waals surface area contributed by atoms with E-state index in [1.807, 2.05) is 0 Å². The summed E-state index contributed by atoms with van der Waals surface area (Å²) in [6, 6.07) is 0. The Morgan fingerprint density at radius 3 is 2.20 bits per heavy atom. The Kier molecular flexibility index (Phi) is 3.88. The first-order chi connectivity index (χ1) is 4.63. The number of hydrogen-bond acceptors (Lipinski definition) is 2. The van der Waals surface area contributed by atoms with Crippen molar-refractivity contribution in [2.24, 2.45) is 5.18 Å². The molecule has 0 aromatic heterocycles. The standard InChI is InChI=1S/C6H8ClNO2/c1-3-5(4(2)7)6(9)8-10/h3H2,1-2H3/b5-4-. The molecule has 0 aliphatic carbocycles. The number of carbonyl (C=O) groups is 1. The van der Waals surface area contributed by atoms with Crippen molar-refractivity contribution in [3.05, 3.63) is 15.5 Å². The van der Waals surface area contributed by atoms with Gasteiger partial charge in [-0.1, -0.05) is 18.5 Å². The fourth-order valence-electron chi connectivity index (χ4n) is 0.597. The Bertz CT molecular complexity index is 179. The summed E-state index contributed by atoms with van der Waals surface area (Å²) in [6.45, 7) is 3.30. The van der Waals surface area contributed by atoms with E-state index >= 15 is 0 Å². The molecule has 1 amide bonds. The highest BCUT2D eigenvalue weighted by Crippen LogP contribution is 2.13. The maximum Gasteiger partial charge on any atom is 0.313 e. The average molecular weight is 162 g/mol. The van der Waals surface area contributed by atoms with Gasteiger partial charge in [0.15, 0.2) is 0 Å². The van der Waals surface area contributed by atoms with Crippen molar-refractivity contribution in [2.75, 3.05) is 0 Å². The monoisotopic (exact) mass is 161 g/mol. The zero-order valence-electron chi connectivity index (χ0n) is 5.85. The van der Waals surface area contributed by atoms with Gasteiger partial charge in [-0.2, -0.15) is 0 Å². The summed E-state index contributed by atoms with van der Waals surface area (Å²) in [5, 5.41) is 2.59. The van der Waals surface area contributed by atoms with Gasteiger partial charge in [-0.05, 0) is 13.3 Å². The van der Waals surface area contributed by atoms with Crippen molar-refractivity contribution in [1.82, 2.24) is 0 Å². The molecule has 10 heavy (non-hydrogen) atoms. The lowest BCUT2D eigenvalue weighted by Crippen LogP contribution is -1.97. The molecule has 0 N–H and O–H groups in total. The van der Waals surface area contributed by atoms with Crippen molar-refractivity contribution >= 4 is 17.5 Å². The minimum atomic E-state index is -0.769. The minimum Gasteiger partial charge on any atom is -0.264 e. The summed E-state index contributed by atoms with van der Waals surface area (Å²) in [7, 11) is 0. The molecule has 4 heteroatoms. The lowest BCUT2D eigenvalue weighted by Gasteiger charge is -1.95. The van der Waals surface area contributed by atoms with Crippen LogP contribution in [0.1, 0.15) is 20.3 Å². The SMILES string of the molecule is CC/C(C(=O)N=O)=C(\C)Cl. The molecule has 0 rings (SSSR count). The smallest absolute Gasteiger partial charge is 0.264 e. The molecule has 0 unspecified atom stereocenters. The molecule has 0 spiro atoms. The predicted octanol–water partition coefficient (Wildman–Crippen LogP) is 2.20. The number of carbonyl (C=O) groups excluding carboxylic acids is 1. The van der Waals surface area contributed by atoms with Crippen LogP contribution in [0.2, 0.25) is 0 Å². The van der Waals surface area contributed by atoms with Crippen LogP contribution in [0.3, 0.4) is 0 Å².